The van der Waals surface area contributed by atoms with Gasteiger partial charge in [0.1, 0.15) is 16.6 Å². The van der Waals surface area contributed by atoms with E-state index >= 15 is 0 Å². The standard InChI is InChI=1S/C30H23N3O8S/c1-19-10-14-21(15-11-19)31-29(34)26-27(32(40-28(26)30(31)35)22-6-5-7-23(18-22)33(36)37)20-12-16-24(17-13-20)41-42(38,39)25-8-3-2-4-9-25/h2-18,26-28H,1H3/t26-,27-,28-/m1/s1. The normalized spacial score (nSPS) is 20.1. The number of hydrogen-bond donors (Lipinski definition) is 0. The van der Waals surface area contributed by atoms with Crippen LogP contribution in [0.15, 0.2) is 108 Å². The van der Waals surface area contributed by atoms with Crippen LogP contribution in [-0.4, -0.2) is 31.3 Å². The van der Waals surface area contributed by atoms with Crippen LogP contribution in [0.2, 0.25) is 0 Å². The molecule has 3 atom stereocenters. The summed E-state index contributed by atoms with van der Waals surface area (Å²) in [4.78, 5) is 45.4. The molecule has 2 amide bonds. The highest BCUT2D eigenvalue weighted by Gasteiger charge is 2.60. The first-order valence-corrected chi connectivity index (χ1v) is 14.3. The molecule has 12 heteroatoms. The number of rotatable bonds is 7. The fourth-order valence-electron chi connectivity index (χ4n) is 5.15. The number of fused-ring (bicyclic) bond motifs is 1. The number of anilines is 2. The van der Waals surface area contributed by atoms with E-state index in [0.29, 0.717) is 11.3 Å². The Morgan fingerprint density at radius 3 is 2.19 bits per heavy atom. The number of nitro benzene ring substituents is 1. The SMILES string of the molecule is Cc1ccc(N2C(=O)[C@@H]3[C@@H](c4ccc(OS(=O)(=O)c5ccccc5)cc4)N(c4cccc([N+](=O)[O-])c4)O[C@H]3C2=O)cc1. The molecule has 42 heavy (non-hydrogen) atoms. The number of non-ortho nitro benzene ring substituents is 1. The van der Waals surface area contributed by atoms with Crippen molar-refractivity contribution in [2.24, 2.45) is 5.92 Å². The van der Waals surface area contributed by atoms with Crippen LogP contribution in [0, 0.1) is 23.0 Å². The minimum atomic E-state index is -4.09. The van der Waals surface area contributed by atoms with E-state index in [2.05, 4.69) is 0 Å². The number of amides is 2. The number of benzene rings is 4. The Balaban J connectivity index is 1.37. The predicted molar refractivity (Wildman–Crippen MR) is 151 cm³/mol. The van der Waals surface area contributed by atoms with Gasteiger partial charge in [0.25, 0.3) is 11.6 Å². The van der Waals surface area contributed by atoms with Crippen molar-refractivity contribution in [3.63, 3.8) is 0 Å². The molecule has 0 aliphatic carbocycles. The van der Waals surface area contributed by atoms with Gasteiger partial charge in [0.2, 0.25) is 5.91 Å². The molecule has 0 spiro atoms. The van der Waals surface area contributed by atoms with Crippen molar-refractivity contribution in [2.75, 3.05) is 9.96 Å². The molecule has 4 aromatic carbocycles. The zero-order valence-corrected chi connectivity index (χ0v) is 22.9. The van der Waals surface area contributed by atoms with Gasteiger partial charge in [-0.05, 0) is 55.0 Å². The average molecular weight is 586 g/mol. The molecule has 0 saturated carbocycles. The quantitative estimate of drug-likeness (QED) is 0.131. The van der Waals surface area contributed by atoms with Crippen LogP contribution in [0.5, 0.6) is 5.75 Å². The van der Waals surface area contributed by atoms with Crippen LogP contribution in [0.25, 0.3) is 0 Å². The van der Waals surface area contributed by atoms with E-state index in [9.17, 15) is 28.1 Å². The largest absolute Gasteiger partial charge is 0.379 e. The summed E-state index contributed by atoms with van der Waals surface area (Å²) in [6.07, 6.45) is -1.18. The van der Waals surface area contributed by atoms with Crippen molar-refractivity contribution in [3.8, 4) is 5.75 Å². The predicted octanol–water partition coefficient (Wildman–Crippen LogP) is 4.72. The molecule has 0 aromatic heterocycles. The van der Waals surface area contributed by atoms with Crippen molar-refractivity contribution >= 4 is 39.0 Å². The van der Waals surface area contributed by atoms with Crippen LogP contribution in [-0.2, 0) is 24.5 Å². The van der Waals surface area contributed by atoms with E-state index < -0.39 is 44.9 Å². The van der Waals surface area contributed by atoms with Crippen LogP contribution >= 0.6 is 0 Å². The topological polar surface area (TPSA) is 136 Å². The number of imide groups is 1. The second-order valence-electron chi connectivity index (χ2n) is 9.87. The van der Waals surface area contributed by atoms with Gasteiger partial charge in [0, 0.05) is 12.1 Å². The van der Waals surface area contributed by atoms with Gasteiger partial charge in [0.05, 0.1) is 22.3 Å². The van der Waals surface area contributed by atoms with Crippen molar-refractivity contribution in [1.29, 1.82) is 0 Å². The Hall–Kier alpha value is -5.07. The molecule has 2 saturated heterocycles. The summed E-state index contributed by atoms with van der Waals surface area (Å²) in [7, 11) is -4.09. The number of aryl methyl sites for hydroxylation is 1. The molecular formula is C30H23N3O8S. The summed E-state index contributed by atoms with van der Waals surface area (Å²) >= 11 is 0. The number of hydrogen-bond acceptors (Lipinski definition) is 9. The van der Waals surface area contributed by atoms with Gasteiger partial charge >= 0.3 is 10.1 Å². The molecule has 212 valence electrons. The van der Waals surface area contributed by atoms with Crippen molar-refractivity contribution in [2.45, 2.75) is 24.0 Å². The van der Waals surface area contributed by atoms with Gasteiger partial charge in [-0.3, -0.25) is 24.5 Å². The van der Waals surface area contributed by atoms with Gasteiger partial charge in [-0.1, -0.05) is 54.1 Å². The monoisotopic (exact) mass is 585 g/mol. The van der Waals surface area contributed by atoms with Crippen molar-refractivity contribution in [3.05, 3.63) is 124 Å². The van der Waals surface area contributed by atoms with Crippen LogP contribution in [0.4, 0.5) is 17.1 Å². The lowest BCUT2D eigenvalue weighted by Gasteiger charge is -2.28. The Bertz CT molecular complexity index is 1790. The van der Waals surface area contributed by atoms with Gasteiger partial charge in [-0.15, -0.1) is 0 Å². The molecule has 2 aliphatic rings. The molecule has 0 bridgehead atoms. The summed E-state index contributed by atoms with van der Waals surface area (Å²) in [5.74, 6) is -1.99. The smallest absolute Gasteiger partial charge is 0.339 e. The fourth-order valence-corrected chi connectivity index (χ4v) is 6.10. The summed E-state index contributed by atoms with van der Waals surface area (Å²) in [5.41, 5.74) is 1.95. The van der Waals surface area contributed by atoms with E-state index in [4.69, 9.17) is 9.02 Å². The Morgan fingerprint density at radius 2 is 1.52 bits per heavy atom. The zero-order chi connectivity index (χ0) is 29.6. The summed E-state index contributed by atoms with van der Waals surface area (Å²) in [5, 5.41) is 12.8. The van der Waals surface area contributed by atoms with Gasteiger partial charge in [-0.2, -0.15) is 8.42 Å². The lowest BCUT2D eigenvalue weighted by molar-refractivity contribution is -0.384. The first kappa shape index (κ1) is 27.1. The molecule has 2 fully saturated rings. The number of nitrogens with zero attached hydrogens (tertiary/aromatic N) is 3. The molecular weight excluding hydrogens is 562 g/mol. The average Bonchev–Trinajstić information content (AvgIpc) is 3.50. The van der Waals surface area contributed by atoms with E-state index in [1.54, 1.807) is 60.7 Å². The molecule has 0 unspecified atom stereocenters. The Kier molecular flexibility index (Phi) is 6.71. The number of nitro groups is 1. The molecule has 0 N–H and O–H groups in total. The zero-order valence-electron chi connectivity index (χ0n) is 22.1. The van der Waals surface area contributed by atoms with Crippen molar-refractivity contribution in [1.82, 2.24) is 0 Å². The molecule has 2 heterocycles. The number of carbonyl (C=O) groups excluding carboxylic acids is 2. The molecule has 2 aliphatic heterocycles. The summed E-state index contributed by atoms with van der Waals surface area (Å²) in [6.45, 7) is 1.89. The van der Waals surface area contributed by atoms with Crippen LogP contribution in [0.3, 0.4) is 0 Å². The first-order valence-electron chi connectivity index (χ1n) is 12.9. The van der Waals surface area contributed by atoms with Gasteiger partial charge in [0.15, 0.2) is 6.10 Å². The highest BCUT2D eigenvalue weighted by Crippen LogP contribution is 2.48. The van der Waals surface area contributed by atoms with E-state index in [-0.39, 0.29) is 22.0 Å². The maximum Gasteiger partial charge on any atom is 0.339 e. The second kappa shape index (κ2) is 10.4. The molecule has 6 rings (SSSR count). The van der Waals surface area contributed by atoms with E-state index in [1.165, 1.54) is 47.5 Å². The molecule has 11 nitrogen and oxygen atoms in total. The third kappa shape index (κ3) is 4.76. The second-order valence-corrected chi connectivity index (χ2v) is 11.4. The highest BCUT2D eigenvalue weighted by atomic mass is 32.2. The minimum Gasteiger partial charge on any atom is -0.379 e. The molecule has 4 aromatic rings. The third-order valence-corrected chi connectivity index (χ3v) is 8.42. The first-order chi connectivity index (χ1) is 20.1. The van der Waals surface area contributed by atoms with Crippen LogP contribution in [0.1, 0.15) is 17.2 Å². The van der Waals surface area contributed by atoms with Crippen LogP contribution < -0.4 is 14.1 Å². The maximum absolute atomic E-state index is 13.8. The lowest BCUT2D eigenvalue weighted by atomic mass is 9.90. The van der Waals surface area contributed by atoms with Gasteiger partial charge < -0.3 is 4.18 Å². The van der Waals surface area contributed by atoms with E-state index in [1.807, 2.05) is 6.92 Å². The summed E-state index contributed by atoms with van der Waals surface area (Å²) < 4.78 is 30.7. The Labute approximate surface area is 240 Å². The maximum atomic E-state index is 13.8. The van der Waals surface area contributed by atoms with Gasteiger partial charge in [-0.25, -0.2) is 9.96 Å². The van der Waals surface area contributed by atoms with E-state index in [0.717, 1.165) is 10.5 Å². The fraction of sp³-hybridized carbons (Fsp3) is 0.133. The number of hydroxylamine groups is 1. The summed E-state index contributed by atoms with van der Waals surface area (Å²) in [6, 6.07) is 25.5. The minimum absolute atomic E-state index is 0.00998. The lowest BCUT2D eigenvalue weighted by Crippen LogP contribution is -2.37. The third-order valence-electron chi connectivity index (χ3n) is 7.16. The highest BCUT2D eigenvalue weighted by molar-refractivity contribution is 7.87. The van der Waals surface area contributed by atoms with Crippen molar-refractivity contribution < 1.29 is 32.0 Å². The Morgan fingerprint density at radius 1 is 0.833 bits per heavy atom. The number of carbonyl (C=O) groups is 2. The molecule has 0 radical (unpaired) electrons.